The van der Waals surface area contributed by atoms with Gasteiger partial charge in [-0.15, -0.1) is 10.2 Å². The number of nitrogens with zero attached hydrogens (tertiary/aromatic N) is 6. The number of imidazole rings is 1. The minimum absolute atomic E-state index is 0.0348. The van der Waals surface area contributed by atoms with Crippen LogP contribution in [0.1, 0.15) is 64.8 Å². The van der Waals surface area contributed by atoms with E-state index >= 15 is 0 Å². The molecule has 0 spiro atoms. The molecule has 4 aromatic rings. The van der Waals surface area contributed by atoms with Crippen molar-refractivity contribution in [2.45, 2.75) is 66.5 Å². The first-order valence-electron chi connectivity index (χ1n) is 11.7. The summed E-state index contributed by atoms with van der Waals surface area (Å²) < 4.78 is 3.69. The van der Waals surface area contributed by atoms with Crippen molar-refractivity contribution in [3.63, 3.8) is 0 Å². The van der Waals surface area contributed by atoms with Crippen molar-refractivity contribution in [2.24, 2.45) is 0 Å². The van der Waals surface area contributed by atoms with Crippen molar-refractivity contribution < 1.29 is 0 Å². The maximum atomic E-state index is 12.9. The lowest BCUT2D eigenvalue weighted by Gasteiger charge is -2.09. The van der Waals surface area contributed by atoms with E-state index in [1.807, 2.05) is 85.6 Å². The van der Waals surface area contributed by atoms with E-state index in [-0.39, 0.29) is 11.7 Å². The molecule has 4 rings (SSSR count). The van der Waals surface area contributed by atoms with Gasteiger partial charge in [0.2, 0.25) is 5.82 Å². The molecular formula is C25H33N7O. The van der Waals surface area contributed by atoms with Gasteiger partial charge in [0, 0.05) is 35.3 Å². The molecule has 33 heavy (non-hydrogen) atoms. The van der Waals surface area contributed by atoms with Gasteiger partial charge in [-0.2, -0.15) is 5.21 Å². The van der Waals surface area contributed by atoms with E-state index < -0.39 is 0 Å². The highest BCUT2D eigenvalue weighted by Crippen LogP contribution is 2.28. The van der Waals surface area contributed by atoms with Crippen LogP contribution in [0.25, 0.3) is 22.6 Å². The Kier molecular flexibility index (Phi) is 8.29. The number of unbranched alkanes of at least 4 members (excludes halogenated alkanes) is 1. The molecule has 0 aliphatic heterocycles. The number of aryl methyl sites for hydroxylation is 1. The van der Waals surface area contributed by atoms with Crippen LogP contribution in [-0.2, 0) is 13.0 Å². The van der Waals surface area contributed by atoms with Gasteiger partial charge in [0.05, 0.1) is 12.2 Å². The van der Waals surface area contributed by atoms with Crippen LogP contribution in [0.4, 0.5) is 0 Å². The van der Waals surface area contributed by atoms with Gasteiger partial charge in [0.1, 0.15) is 0 Å². The average Bonchev–Trinajstić information content (AvgIpc) is 3.49. The number of H-pyrrole nitrogens is 1. The number of tetrazole rings is 1. The van der Waals surface area contributed by atoms with Crippen LogP contribution in [0.3, 0.4) is 0 Å². The van der Waals surface area contributed by atoms with Crippen LogP contribution in [0, 0.1) is 0 Å². The van der Waals surface area contributed by atoms with Crippen LogP contribution < -0.4 is 5.69 Å². The monoisotopic (exact) mass is 447 g/mol. The van der Waals surface area contributed by atoms with Crippen molar-refractivity contribution in [2.75, 3.05) is 0 Å². The van der Waals surface area contributed by atoms with E-state index in [0.29, 0.717) is 12.4 Å². The summed E-state index contributed by atoms with van der Waals surface area (Å²) >= 11 is 0. The van der Waals surface area contributed by atoms with E-state index in [9.17, 15) is 4.79 Å². The highest BCUT2D eigenvalue weighted by molar-refractivity contribution is 5.78. The van der Waals surface area contributed by atoms with Crippen LogP contribution >= 0.6 is 0 Å². The predicted molar refractivity (Wildman–Crippen MR) is 131 cm³/mol. The van der Waals surface area contributed by atoms with Gasteiger partial charge in [-0.3, -0.25) is 14.1 Å². The first-order valence-corrected chi connectivity index (χ1v) is 11.7. The molecule has 0 aliphatic carbocycles. The van der Waals surface area contributed by atoms with E-state index in [2.05, 4.69) is 32.5 Å². The molecule has 0 amide bonds. The van der Waals surface area contributed by atoms with Crippen molar-refractivity contribution >= 4 is 0 Å². The lowest BCUT2D eigenvalue weighted by Crippen LogP contribution is -2.26. The third kappa shape index (κ3) is 5.45. The molecule has 8 nitrogen and oxygen atoms in total. The van der Waals surface area contributed by atoms with E-state index in [1.165, 1.54) is 0 Å². The molecule has 3 aromatic heterocycles. The molecule has 1 N–H and O–H groups in total. The summed E-state index contributed by atoms with van der Waals surface area (Å²) in [5.74, 6) is 0.531. The number of aromatic amines is 1. The fourth-order valence-corrected chi connectivity index (χ4v) is 3.68. The van der Waals surface area contributed by atoms with Gasteiger partial charge in [0.25, 0.3) is 0 Å². The van der Waals surface area contributed by atoms with Crippen LogP contribution in [0.15, 0.2) is 53.6 Å². The van der Waals surface area contributed by atoms with E-state index in [1.54, 1.807) is 0 Å². The van der Waals surface area contributed by atoms with Crippen molar-refractivity contribution in [1.82, 2.24) is 34.7 Å². The molecule has 8 heteroatoms. The first kappa shape index (κ1) is 24.1. The van der Waals surface area contributed by atoms with Gasteiger partial charge in [-0.05, 0) is 43.5 Å². The summed E-state index contributed by atoms with van der Waals surface area (Å²) in [6.07, 6.45) is 6.90. The van der Waals surface area contributed by atoms with E-state index in [4.69, 9.17) is 0 Å². The summed E-state index contributed by atoms with van der Waals surface area (Å²) in [5, 5.41) is 14.3. The molecule has 0 radical (unpaired) electrons. The molecule has 3 heterocycles. The molecule has 174 valence electrons. The number of rotatable bonds is 8. The SMILES string of the molecule is CC.CCCCc1cn(C(C)C)c(=O)n1Cc1ccc(-c2ccccc2-c2nn[nH]n2)nc1. The minimum Gasteiger partial charge on any atom is -0.296 e. The summed E-state index contributed by atoms with van der Waals surface area (Å²) in [4.78, 5) is 17.6. The first-order chi connectivity index (χ1) is 16.1. The third-order valence-corrected chi connectivity index (χ3v) is 5.38. The zero-order valence-corrected chi connectivity index (χ0v) is 20.1. The van der Waals surface area contributed by atoms with Crippen LogP contribution in [0.2, 0.25) is 0 Å². The summed E-state index contributed by atoms with van der Waals surface area (Å²) in [7, 11) is 0. The standard InChI is InChI=1S/C23H27N7O.C2H6/c1-4-5-8-18-15-29(16(2)3)23(31)30(18)14-17-11-12-21(24-13-17)19-9-6-7-10-20(19)22-25-27-28-26-22;1-2/h6-7,9-13,15-16H,4-5,8,14H2,1-3H3,(H,25,26,27,28);1-2H3. The highest BCUT2D eigenvalue weighted by Gasteiger charge is 2.15. The average molecular weight is 448 g/mol. The molecule has 0 saturated heterocycles. The molecule has 0 fully saturated rings. The van der Waals surface area contributed by atoms with Gasteiger partial charge in [-0.25, -0.2) is 4.79 Å². The summed E-state index contributed by atoms with van der Waals surface area (Å²) in [6.45, 7) is 10.7. The quantitative estimate of drug-likeness (QED) is 0.415. The largest absolute Gasteiger partial charge is 0.328 e. The van der Waals surface area contributed by atoms with E-state index in [0.717, 1.165) is 47.3 Å². The zero-order valence-electron chi connectivity index (χ0n) is 20.1. The Morgan fingerprint density at radius 1 is 1.06 bits per heavy atom. The summed E-state index contributed by atoms with van der Waals surface area (Å²) in [5.41, 5.74) is 4.72. The fraction of sp³-hybridized carbons (Fsp3) is 0.400. The number of hydrogen-bond acceptors (Lipinski definition) is 5. The number of benzene rings is 1. The minimum atomic E-state index is 0.0348. The topological polar surface area (TPSA) is 94.3 Å². The van der Waals surface area contributed by atoms with Crippen LogP contribution in [-0.4, -0.2) is 34.7 Å². The Hall–Kier alpha value is -3.55. The second-order valence-electron chi connectivity index (χ2n) is 7.93. The molecule has 0 atom stereocenters. The Balaban J connectivity index is 0.00000149. The maximum Gasteiger partial charge on any atom is 0.328 e. The molecule has 1 aromatic carbocycles. The second kappa shape index (κ2) is 11.4. The van der Waals surface area contributed by atoms with Crippen molar-refractivity contribution in [3.8, 4) is 22.6 Å². The number of hydrogen-bond donors (Lipinski definition) is 1. The van der Waals surface area contributed by atoms with Gasteiger partial charge in [-0.1, -0.05) is 57.5 Å². The molecule has 0 unspecified atom stereocenters. The maximum absolute atomic E-state index is 12.9. The lowest BCUT2D eigenvalue weighted by molar-refractivity contribution is 0.560. The van der Waals surface area contributed by atoms with Crippen LogP contribution in [0.5, 0.6) is 0 Å². The Morgan fingerprint density at radius 2 is 1.82 bits per heavy atom. The Labute approximate surface area is 194 Å². The smallest absolute Gasteiger partial charge is 0.296 e. The molecule has 0 aliphatic rings. The molecule has 0 bridgehead atoms. The van der Waals surface area contributed by atoms with Gasteiger partial charge in [0.15, 0.2) is 0 Å². The van der Waals surface area contributed by atoms with Gasteiger partial charge >= 0.3 is 5.69 Å². The van der Waals surface area contributed by atoms with Crippen molar-refractivity contribution in [1.29, 1.82) is 0 Å². The normalized spacial score (nSPS) is 10.8. The third-order valence-electron chi connectivity index (χ3n) is 5.38. The number of pyridine rings is 1. The Morgan fingerprint density at radius 3 is 2.42 bits per heavy atom. The van der Waals surface area contributed by atoms with Gasteiger partial charge < -0.3 is 0 Å². The molecular weight excluding hydrogens is 414 g/mol. The predicted octanol–water partition coefficient (Wildman–Crippen LogP) is 4.89. The number of aromatic nitrogens is 7. The fourth-order valence-electron chi connectivity index (χ4n) is 3.68. The molecule has 0 saturated carbocycles. The lowest BCUT2D eigenvalue weighted by atomic mass is 10.0. The summed E-state index contributed by atoms with van der Waals surface area (Å²) in [6, 6.07) is 12.0. The van der Waals surface area contributed by atoms with Crippen molar-refractivity contribution in [3.05, 3.63) is 70.5 Å². The second-order valence-corrected chi connectivity index (χ2v) is 7.93. The number of nitrogens with one attached hydrogen (secondary N) is 1. The highest BCUT2D eigenvalue weighted by atomic mass is 16.1. The Bertz CT molecular complexity index is 1190. The zero-order chi connectivity index (χ0) is 23.8.